The number of benzene rings is 2. The minimum Gasteiger partial charge on any atom is -0.810 e. The Morgan fingerprint density at radius 3 is 2.12 bits per heavy atom. The molecule has 6 heteroatoms. The molecule has 78 valence electrons. The van der Waals surface area contributed by atoms with E-state index in [-0.39, 0.29) is 103 Å². The molecule has 17 heavy (non-hydrogen) atoms. The number of rotatable bonds is 2. The monoisotopic (exact) mass is 298 g/mol. The molecule has 0 radical (unpaired) electrons. The van der Waals surface area contributed by atoms with Crippen molar-refractivity contribution in [2.75, 3.05) is 0 Å². The van der Waals surface area contributed by atoms with Crippen LogP contribution in [0.1, 0.15) is 5.56 Å². The molecule has 0 aliphatic heterocycles. The van der Waals surface area contributed by atoms with Crippen LogP contribution in [0.25, 0.3) is 10.8 Å². The van der Waals surface area contributed by atoms with Crippen molar-refractivity contribution in [2.45, 2.75) is 6.16 Å². The first-order chi connectivity index (χ1) is 7.04. The van der Waals surface area contributed by atoms with Gasteiger partial charge in [-0.25, -0.2) is 0 Å². The molecule has 0 aliphatic carbocycles. The third kappa shape index (κ3) is 6.40. The SMILES string of the molecule is O=P([O-])([O-])Cc1ccc2ccccc2c1.[K+].[K+]. The van der Waals surface area contributed by atoms with Gasteiger partial charge in [-0.3, -0.25) is 0 Å². The maximum absolute atomic E-state index is 10.6. The van der Waals surface area contributed by atoms with Crippen LogP contribution in [0.4, 0.5) is 0 Å². The van der Waals surface area contributed by atoms with Crippen LogP contribution in [0, 0.1) is 0 Å². The van der Waals surface area contributed by atoms with Gasteiger partial charge in [-0.15, -0.1) is 0 Å². The minimum absolute atomic E-state index is 0. The smallest absolute Gasteiger partial charge is 0.810 e. The van der Waals surface area contributed by atoms with Crippen molar-refractivity contribution in [3.63, 3.8) is 0 Å². The molecule has 0 saturated heterocycles. The van der Waals surface area contributed by atoms with Gasteiger partial charge in [0.15, 0.2) is 0 Å². The summed E-state index contributed by atoms with van der Waals surface area (Å²) >= 11 is 0. The fraction of sp³-hybridized carbons (Fsp3) is 0.0909. The first-order valence-electron chi connectivity index (χ1n) is 4.53. The summed E-state index contributed by atoms with van der Waals surface area (Å²) in [4.78, 5) is 21.2. The van der Waals surface area contributed by atoms with Crippen LogP contribution in [0.5, 0.6) is 0 Å². The van der Waals surface area contributed by atoms with E-state index in [1.807, 2.05) is 30.3 Å². The molecule has 0 bridgehead atoms. The molecule has 3 nitrogen and oxygen atoms in total. The second kappa shape index (κ2) is 8.42. The van der Waals surface area contributed by atoms with Crippen molar-refractivity contribution in [3.05, 3.63) is 48.0 Å². The van der Waals surface area contributed by atoms with E-state index >= 15 is 0 Å². The second-order valence-electron chi connectivity index (χ2n) is 3.45. The van der Waals surface area contributed by atoms with E-state index in [1.54, 1.807) is 12.1 Å². The number of fused-ring (bicyclic) bond motifs is 1. The van der Waals surface area contributed by atoms with E-state index < -0.39 is 13.8 Å². The average Bonchev–Trinajstić information content (AvgIpc) is 2.15. The molecule has 2 aromatic rings. The van der Waals surface area contributed by atoms with E-state index in [9.17, 15) is 14.4 Å². The quantitative estimate of drug-likeness (QED) is 0.413. The minimum atomic E-state index is -4.47. The summed E-state index contributed by atoms with van der Waals surface area (Å²) in [6.45, 7) is 0. The van der Waals surface area contributed by atoms with Gasteiger partial charge >= 0.3 is 103 Å². The maximum Gasteiger partial charge on any atom is 1.00 e. The zero-order valence-electron chi connectivity index (χ0n) is 9.92. The zero-order chi connectivity index (χ0) is 10.9. The molecule has 0 heterocycles. The summed E-state index contributed by atoms with van der Waals surface area (Å²) in [5.41, 5.74) is 0.544. The van der Waals surface area contributed by atoms with E-state index in [1.165, 1.54) is 0 Å². The van der Waals surface area contributed by atoms with Gasteiger partial charge in [0.05, 0.1) is 0 Å². The average molecular weight is 298 g/mol. The fourth-order valence-electron chi connectivity index (χ4n) is 1.56. The molecule has 0 spiro atoms. The molecule has 2 aromatic carbocycles. The molecule has 0 aromatic heterocycles. The number of hydrogen-bond donors (Lipinski definition) is 0. The molecule has 2 rings (SSSR count). The van der Waals surface area contributed by atoms with Crippen LogP contribution in [0.15, 0.2) is 42.5 Å². The van der Waals surface area contributed by atoms with E-state index in [2.05, 4.69) is 0 Å². The van der Waals surface area contributed by atoms with Gasteiger partial charge in [0, 0.05) is 6.16 Å². The molecule has 0 aliphatic rings. The maximum atomic E-state index is 10.6. The Balaban J connectivity index is 0.00000128. The summed E-state index contributed by atoms with van der Waals surface area (Å²) in [5.74, 6) is 0. The van der Waals surface area contributed by atoms with Gasteiger partial charge in [0.2, 0.25) is 0 Å². The van der Waals surface area contributed by atoms with Crippen LogP contribution in [-0.2, 0) is 10.7 Å². The van der Waals surface area contributed by atoms with Gasteiger partial charge in [0.25, 0.3) is 0 Å². The predicted octanol–water partition coefficient (Wildman–Crippen LogP) is -4.74. The normalized spacial score (nSPS) is 10.5. The third-order valence-corrected chi connectivity index (χ3v) is 2.94. The molecule has 0 saturated carbocycles. The van der Waals surface area contributed by atoms with Gasteiger partial charge in [-0.05, 0) is 16.3 Å². The Kier molecular flexibility index (Phi) is 9.47. The van der Waals surface area contributed by atoms with Crippen LogP contribution in [-0.4, -0.2) is 0 Å². The van der Waals surface area contributed by atoms with Crippen molar-refractivity contribution in [2.24, 2.45) is 0 Å². The van der Waals surface area contributed by atoms with Gasteiger partial charge in [0.1, 0.15) is 0 Å². The van der Waals surface area contributed by atoms with Crippen molar-refractivity contribution in [3.8, 4) is 0 Å². The standard InChI is InChI=1S/C11H11O3P.2K/c12-15(13,14)8-9-5-6-10-3-1-2-4-11(10)7-9;;/h1-7H,8H2,(H2,12,13,14);;/q;2*+1/p-2. The summed E-state index contributed by atoms with van der Waals surface area (Å²) in [7, 11) is -4.47. The summed E-state index contributed by atoms with van der Waals surface area (Å²) in [6, 6.07) is 12.8. The van der Waals surface area contributed by atoms with Crippen molar-refractivity contribution in [1.82, 2.24) is 0 Å². The molecule has 0 amide bonds. The summed E-state index contributed by atoms with van der Waals surface area (Å²) < 4.78 is 10.6. The zero-order valence-corrected chi connectivity index (χ0v) is 17.1. The third-order valence-electron chi connectivity index (χ3n) is 2.19. The van der Waals surface area contributed by atoms with Gasteiger partial charge < -0.3 is 14.4 Å². The molecule has 0 unspecified atom stereocenters. The summed E-state index contributed by atoms with van der Waals surface area (Å²) in [6.07, 6.45) is -0.419. The molecular weight excluding hydrogens is 289 g/mol. The van der Waals surface area contributed by atoms with Crippen molar-refractivity contribution < 1.29 is 117 Å². The molecule has 0 N–H and O–H groups in total. The van der Waals surface area contributed by atoms with Gasteiger partial charge in [-0.1, -0.05) is 50.1 Å². The first-order valence-corrected chi connectivity index (χ1v) is 6.26. The Bertz CT molecular complexity index is 539. The largest absolute Gasteiger partial charge is 1.00 e. The fourth-order valence-corrected chi connectivity index (χ4v) is 2.20. The van der Waals surface area contributed by atoms with Crippen molar-refractivity contribution >= 4 is 18.4 Å². The molecule has 0 fully saturated rings. The van der Waals surface area contributed by atoms with Crippen LogP contribution >= 0.6 is 7.60 Å². The Morgan fingerprint density at radius 1 is 0.941 bits per heavy atom. The van der Waals surface area contributed by atoms with E-state index in [0.29, 0.717) is 5.56 Å². The predicted molar refractivity (Wildman–Crippen MR) is 55.3 cm³/mol. The Morgan fingerprint density at radius 2 is 1.53 bits per heavy atom. The number of hydrogen-bond acceptors (Lipinski definition) is 3. The van der Waals surface area contributed by atoms with Crippen LogP contribution in [0.2, 0.25) is 0 Å². The Hall–Kier alpha value is 2.12. The Labute approximate surface area is 185 Å². The van der Waals surface area contributed by atoms with Gasteiger partial charge in [-0.2, -0.15) is 0 Å². The van der Waals surface area contributed by atoms with Crippen LogP contribution < -0.4 is 113 Å². The van der Waals surface area contributed by atoms with Crippen molar-refractivity contribution in [1.29, 1.82) is 0 Å². The van der Waals surface area contributed by atoms with Crippen LogP contribution in [0.3, 0.4) is 0 Å². The topological polar surface area (TPSA) is 63.2 Å². The second-order valence-corrected chi connectivity index (χ2v) is 4.99. The molecular formula is C11H9K2O3P. The van der Waals surface area contributed by atoms with E-state index in [4.69, 9.17) is 0 Å². The molecule has 0 atom stereocenters. The first kappa shape index (κ1) is 19.1. The summed E-state index contributed by atoms with van der Waals surface area (Å²) in [5, 5.41) is 1.98. The van der Waals surface area contributed by atoms with E-state index in [0.717, 1.165) is 10.8 Å².